The second-order valence-electron chi connectivity index (χ2n) is 4.62. The Kier molecular flexibility index (Phi) is 12.4. The summed E-state index contributed by atoms with van der Waals surface area (Å²) in [6.45, 7) is 7.12. The summed E-state index contributed by atoms with van der Waals surface area (Å²) in [6.07, 6.45) is 3.10. The Morgan fingerprint density at radius 1 is 1.04 bits per heavy atom. The van der Waals surface area contributed by atoms with Gasteiger partial charge in [0, 0.05) is 23.5 Å². The fraction of sp³-hybridized carbons (Fsp3) is 0.111. The maximum Gasteiger partial charge on any atom is 0.273 e. The van der Waals surface area contributed by atoms with Gasteiger partial charge in [0.15, 0.2) is 0 Å². The molecule has 2 rings (SSSR count). The summed E-state index contributed by atoms with van der Waals surface area (Å²) in [5.41, 5.74) is 0.735. The lowest BCUT2D eigenvalue weighted by molar-refractivity contribution is -0.385. The van der Waals surface area contributed by atoms with Crippen LogP contribution < -0.4 is 0 Å². The third-order valence-corrected chi connectivity index (χ3v) is 3.10. The van der Waals surface area contributed by atoms with Gasteiger partial charge >= 0.3 is 0 Å². The minimum atomic E-state index is -0.556. The van der Waals surface area contributed by atoms with Crippen molar-refractivity contribution in [3.8, 4) is 5.75 Å². The molecule has 2 aromatic rings. The number of benzene rings is 2. The fourth-order valence-corrected chi connectivity index (χ4v) is 1.52. The molecule has 0 radical (unpaired) electrons. The van der Waals surface area contributed by atoms with Gasteiger partial charge in [0.2, 0.25) is 0 Å². The van der Waals surface area contributed by atoms with Crippen LogP contribution in [0.3, 0.4) is 0 Å². The van der Waals surface area contributed by atoms with Crippen LogP contribution in [0.4, 0.5) is 11.4 Å². The van der Waals surface area contributed by atoms with Crippen LogP contribution in [-0.4, -0.2) is 20.3 Å². The molecule has 0 atom stereocenters. The molecular formula is C18H19BrN2O6. The van der Waals surface area contributed by atoms with Gasteiger partial charge in [-0.3, -0.25) is 20.2 Å². The van der Waals surface area contributed by atoms with Crippen LogP contribution in [0, 0.1) is 20.2 Å². The molecule has 0 saturated heterocycles. The number of halogens is 1. The molecule has 0 unspecified atom stereocenters. The Morgan fingerprint density at radius 2 is 1.56 bits per heavy atom. The molecule has 0 aromatic heterocycles. The maximum atomic E-state index is 10.4. The summed E-state index contributed by atoms with van der Waals surface area (Å²) in [6, 6.07) is 11.5. The van der Waals surface area contributed by atoms with Gasteiger partial charge in [0.25, 0.3) is 11.4 Å². The number of phenols is 1. The maximum absolute atomic E-state index is 10.4. The summed E-state index contributed by atoms with van der Waals surface area (Å²) in [5.74, 6) is -0.0887. The lowest BCUT2D eigenvalue weighted by Gasteiger charge is -1.99. The number of phenolic OH excluding ortho intramolecular Hbond substituents is 1. The Hall–Kier alpha value is -3.20. The number of alkyl halides is 1. The number of non-ortho nitro benzene ring substituents is 2. The Bertz CT molecular complexity index is 767. The van der Waals surface area contributed by atoms with Gasteiger partial charge < -0.3 is 9.84 Å². The highest BCUT2D eigenvalue weighted by atomic mass is 79.9. The van der Waals surface area contributed by atoms with Gasteiger partial charge in [-0.25, -0.2) is 0 Å². The number of nitro groups is 2. The van der Waals surface area contributed by atoms with Gasteiger partial charge in [-0.15, -0.1) is 6.58 Å². The van der Waals surface area contributed by atoms with Crippen LogP contribution in [0.5, 0.6) is 5.75 Å². The minimum Gasteiger partial charge on any atom is -0.508 e. The molecule has 2 aromatic carbocycles. The minimum absolute atomic E-state index is 0.0742. The number of allylic oxidation sites excluding steroid dienone is 1. The van der Waals surface area contributed by atoms with Crippen molar-refractivity contribution in [2.24, 2.45) is 0 Å². The van der Waals surface area contributed by atoms with Crippen LogP contribution >= 0.6 is 15.9 Å². The molecule has 27 heavy (non-hydrogen) atoms. The number of rotatable bonds is 6. The van der Waals surface area contributed by atoms with Crippen molar-refractivity contribution >= 4 is 27.3 Å². The number of hydrogen-bond acceptors (Lipinski definition) is 6. The number of hydrogen-bond donors (Lipinski definition) is 1. The summed E-state index contributed by atoms with van der Waals surface area (Å²) >= 11 is 3.13. The van der Waals surface area contributed by atoms with E-state index in [2.05, 4.69) is 29.1 Å². The standard InChI is InChI=1S/C9H9NO3.C6H5NO3.C3H5Br/c1-2-13-7-8-4-3-5-9(6-8)10(11)12;8-6-3-1-2-5(4-6)7(9)10;1-2-3-4/h2-6H,1,7H2;1-4,8H;2H,1,3H2. The SMILES string of the molecule is C=CCBr.C=COCc1cccc([N+](=O)[O-])c1.O=[N+]([O-])c1cccc(O)c1. The molecular weight excluding hydrogens is 420 g/mol. The zero-order chi connectivity index (χ0) is 20.7. The molecule has 8 nitrogen and oxygen atoms in total. The Balaban J connectivity index is 0.000000428. The summed E-state index contributed by atoms with van der Waals surface area (Å²) in [5, 5.41) is 30.1. The first-order chi connectivity index (χ1) is 12.8. The van der Waals surface area contributed by atoms with E-state index >= 15 is 0 Å². The van der Waals surface area contributed by atoms with Crippen LogP contribution in [0.15, 0.2) is 74.0 Å². The Morgan fingerprint density at radius 3 is 1.96 bits per heavy atom. The Labute approximate surface area is 164 Å². The first-order valence-electron chi connectivity index (χ1n) is 7.41. The van der Waals surface area contributed by atoms with Crippen molar-refractivity contribution in [3.05, 3.63) is 99.8 Å². The zero-order valence-corrected chi connectivity index (χ0v) is 15.9. The normalized spacial score (nSPS) is 8.78. The molecule has 1 N–H and O–H groups in total. The third kappa shape index (κ3) is 11.1. The van der Waals surface area contributed by atoms with E-state index < -0.39 is 9.85 Å². The molecule has 0 aliphatic heterocycles. The topological polar surface area (TPSA) is 116 Å². The molecule has 0 saturated carbocycles. The number of nitro benzene ring substituents is 2. The molecule has 0 aliphatic carbocycles. The van der Waals surface area contributed by atoms with Crippen molar-refractivity contribution in [1.82, 2.24) is 0 Å². The monoisotopic (exact) mass is 438 g/mol. The summed E-state index contributed by atoms with van der Waals surface area (Å²) in [7, 11) is 0. The van der Waals surface area contributed by atoms with Crippen molar-refractivity contribution in [2.75, 3.05) is 5.33 Å². The van der Waals surface area contributed by atoms with Crippen LogP contribution in [0.25, 0.3) is 0 Å². The van der Waals surface area contributed by atoms with E-state index in [0.29, 0.717) is 6.61 Å². The quantitative estimate of drug-likeness (QED) is 0.220. The molecule has 0 aliphatic rings. The molecule has 0 bridgehead atoms. The highest BCUT2D eigenvalue weighted by molar-refractivity contribution is 9.09. The van der Waals surface area contributed by atoms with E-state index in [4.69, 9.17) is 9.84 Å². The summed E-state index contributed by atoms with van der Waals surface area (Å²) in [4.78, 5) is 19.4. The molecule has 144 valence electrons. The van der Waals surface area contributed by atoms with Gasteiger partial charge in [0.1, 0.15) is 12.4 Å². The van der Waals surface area contributed by atoms with Gasteiger partial charge in [0.05, 0.1) is 22.2 Å². The zero-order valence-electron chi connectivity index (χ0n) is 14.4. The first kappa shape index (κ1) is 23.8. The lowest BCUT2D eigenvalue weighted by atomic mass is 10.2. The predicted molar refractivity (Wildman–Crippen MR) is 107 cm³/mol. The molecule has 0 amide bonds. The van der Waals surface area contributed by atoms with E-state index in [1.165, 1.54) is 36.6 Å². The lowest BCUT2D eigenvalue weighted by Crippen LogP contribution is -1.91. The summed E-state index contributed by atoms with van der Waals surface area (Å²) < 4.78 is 4.90. The van der Waals surface area contributed by atoms with E-state index in [0.717, 1.165) is 17.0 Å². The number of aromatic hydroxyl groups is 1. The van der Waals surface area contributed by atoms with Gasteiger partial charge in [-0.2, -0.15) is 0 Å². The van der Waals surface area contributed by atoms with Gasteiger partial charge in [-0.05, 0) is 11.6 Å². The second-order valence-corrected chi connectivity index (χ2v) is 5.27. The largest absolute Gasteiger partial charge is 0.508 e. The van der Waals surface area contributed by atoms with Gasteiger partial charge in [-0.1, -0.05) is 46.8 Å². The van der Waals surface area contributed by atoms with E-state index in [-0.39, 0.29) is 17.1 Å². The molecule has 9 heteroatoms. The van der Waals surface area contributed by atoms with E-state index in [1.54, 1.807) is 18.2 Å². The van der Waals surface area contributed by atoms with Crippen molar-refractivity contribution in [1.29, 1.82) is 0 Å². The highest BCUT2D eigenvalue weighted by Crippen LogP contribution is 2.16. The average Bonchev–Trinajstić information content (AvgIpc) is 2.67. The fourth-order valence-electron chi connectivity index (χ4n) is 1.52. The highest BCUT2D eigenvalue weighted by Gasteiger charge is 2.05. The number of nitrogens with zero attached hydrogens (tertiary/aromatic N) is 2. The van der Waals surface area contributed by atoms with Crippen molar-refractivity contribution in [3.63, 3.8) is 0 Å². The average molecular weight is 439 g/mol. The smallest absolute Gasteiger partial charge is 0.273 e. The first-order valence-corrected chi connectivity index (χ1v) is 8.54. The van der Waals surface area contributed by atoms with Crippen LogP contribution in [0.2, 0.25) is 0 Å². The van der Waals surface area contributed by atoms with E-state index in [1.807, 2.05) is 0 Å². The third-order valence-electron chi connectivity index (χ3n) is 2.64. The van der Waals surface area contributed by atoms with Crippen LogP contribution in [0.1, 0.15) is 5.56 Å². The molecule has 0 heterocycles. The second kappa shape index (κ2) is 14.0. The molecule has 0 fully saturated rings. The molecule has 0 spiro atoms. The van der Waals surface area contributed by atoms with Crippen molar-refractivity contribution in [2.45, 2.75) is 6.61 Å². The van der Waals surface area contributed by atoms with E-state index in [9.17, 15) is 20.2 Å². The van der Waals surface area contributed by atoms with Crippen LogP contribution in [-0.2, 0) is 11.3 Å². The predicted octanol–water partition coefficient (Wildman–Crippen LogP) is 5.12. The van der Waals surface area contributed by atoms with Crippen molar-refractivity contribution < 1.29 is 19.7 Å². The number of ether oxygens (including phenoxy) is 1.